The molecule has 49 heavy (non-hydrogen) atoms. The Bertz CT molecular complexity index is 1880. The van der Waals surface area contributed by atoms with E-state index in [1.165, 1.54) is 43.2 Å². The van der Waals surface area contributed by atoms with E-state index >= 15 is 0 Å². The number of nitro groups is 1. The van der Waals surface area contributed by atoms with Crippen LogP contribution in [0, 0.1) is 24.0 Å². The fourth-order valence-electron chi connectivity index (χ4n) is 5.32. The molecule has 11 nitrogen and oxygen atoms in total. The van der Waals surface area contributed by atoms with Gasteiger partial charge in [-0.1, -0.05) is 67.6 Å². The highest BCUT2D eigenvalue weighted by molar-refractivity contribution is 7.92. The minimum absolute atomic E-state index is 0.0312. The zero-order valence-electron chi connectivity index (χ0n) is 28.3. The molecule has 2 amide bonds. The predicted molar refractivity (Wildman–Crippen MR) is 189 cm³/mol. The lowest BCUT2D eigenvalue weighted by molar-refractivity contribution is -0.385. The van der Waals surface area contributed by atoms with Crippen molar-refractivity contribution in [3.8, 4) is 5.75 Å². The Morgan fingerprint density at radius 2 is 1.57 bits per heavy atom. The average Bonchev–Trinajstić information content (AvgIpc) is 3.09. The van der Waals surface area contributed by atoms with Gasteiger partial charge in [-0.05, 0) is 74.2 Å². The summed E-state index contributed by atoms with van der Waals surface area (Å²) in [7, 11) is -3.07. The lowest BCUT2D eigenvalue weighted by atomic mass is 10.0. The van der Waals surface area contributed by atoms with E-state index in [1.807, 2.05) is 75.4 Å². The molecule has 258 valence electrons. The van der Waals surface area contributed by atoms with Crippen molar-refractivity contribution in [3.05, 3.63) is 129 Å². The van der Waals surface area contributed by atoms with Crippen molar-refractivity contribution in [1.82, 2.24) is 10.2 Å². The number of hydrogen-bond donors (Lipinski definition) is 1. The summed E-state index contributed by atoms with van der Waals surface area (Å²) in [6, 6.07) is 25.4. The van der Waals surface area contributed by atoms with Crippen LogP contribution in [0.3, 0.4) is 0 Å². The smallest absolute Gasteiger partial charge is 0.273 e. The zero-order chi connectivity index (χ0) is 35.7. The molecule has 2 atom stereocenters. The first-order valence-electron chi connectivity index (χ1n) is 16.0. The maximum Gasteiger partial charge on any atom is 0.273 e. The summed E-state index contributed by atoms with van der Waals surface area (Å²) >= 11 is 0. The normalized spacial score (nSPS) is 12.4. The van der Waals surface area contributed by atoms with Crippen LogP contribution >= 0.6 is 0 Å². The quantitative estimate of drug-likeness (QED) is 0.120. The van der Waals surface area contributed by atoms with Crippen LogP contribution in [0.25, 0.3) is 0 Å². The highest BCUT2D eigenvalue weighted by Gasteiger charge is 2.35. The highest BCUT2D eigenvalue weighted by atomic mass is 32.2. The molecule has 0 aromatic heterocycles. The molecule has 0 aliphatic rings. The Morgan fingerprint density at radius 3 is 2.18 bits per heavy atom. The molecule has 0 aliphatic carbocycles. The number of aryl methyl sites for hydroxylation is 2. The number of methoxy groups -OCH3 is 1. The van der Waals surface area contributed by atoms with Gasteiger partial charge in [-0.15, -0.1) is 0 Å². The molecule has 0 saturated heterocycles. The van der Waals surface area contributed by atoms with E-state index in [2.05, 4.69) is 5.32 Å². The fourth-order valence-corrected chi connectivity index (χ4v) is 6.75. The number of rotatable bonds is 15. The van der Waals surface area contributed by atoms with Crippen molar-refractivity contribution in [2.75, 3.05) is 18.0 Å². The van der Waals surface area contributed by atoms with Crippen molar-refractivity contribution in [2.45, 2.75) is 64.1 Å². The van der Waals surface area contributed by atoms with Crippen LogP contribution in [0.4, 0.5) is 11.4 Å². The number of nitrogens with one attached hydrogen (secondary N) is 1. The first kappa shape index (κ1) is 36.6. The van der Waals surface area contributed by atoms with Crippen LogP contribution in [0.1, 0.15) is 42.5 Å². The summed E-state index contributed by atoms with van der Waals surface area (Å²) in [4.78, 5) is 40.9. The summed E-state index contributed by atoms with van der Waals surface area (Å²) in [5.41, 5.74) is 2.56. The number of sulfonamides is 1. The molecule has 0 bridgehead atoms. The average molecular weight is 687 g/mol. The summed E-state index contributed by atoms with van der Waals surface area (Å²) in [6.07, 6.45) is 0.849. The molecule has 12 heteroatoms. The molecule has 0 fully saturated rings. The summed E-state index contributed by atoms with van der Waals surface area (Å²) in [6.45, 7) is 6.58. The number of amides is 2. The highest BCUT2D eigenvalue weighted by Crippen LogP contribution is 2.30. The zero-order valence-corrected chi connectivity index (χ0v) is 29.1. The second kappa shape index (κ2) is 16.2. The number of anilines is 1. The van der Waals surface area contributed by atoms with Crippen molar-refractivity contribution in [1.29, 1.82) is 0 Å². The van der Waals surface area contributed by atoms with Crippen molar-refractivity contribution in [3.63, 3.8) is 0 Å². The number of carbonyl (C=O) groups excluding carboxylic acids is 2. The van der Waals surface area contributed by atoms with Crippen molar-refractivity contribution < 1.29 is 27.7 Å². The Morgan fingerprint density at radius 1 is 0.918 bits per heavy atom. The van der Waals surface area contributed by atoms with Crippen LogP contribution in [-0.2, 0) is 32.6 Å². The molecule has 4 aromatic rings. The topological polar surface area (TPSA) is 139 Å². The largest absolute Gasteiger partial charge is 0.497 e. The van der Waals surface area contributed by atoms with Crippen LogP contribution in [0.5, 0.6) is 5.75 Å². The molecule has 4 rings (SSSR count). The molecule has 0 aliphatic heterocycles. The van der Waals surface area contributed by atoms with Gasteiger partial charge in [0.15, 0.2) is 0 Å². The second-order valence-corrected chi connectivity index (χ2v) is 13.7. The van der Waals surface area contributed by atoms with E-state index in [1.54, 1.807) is 12.1 Å². The number of carbonyl (C=O) groups is 2. The van der Waals surface area contributed by atoms with Crippen LogP contribution in [0.15, 0.2) is 102 Å². The second-order valence-electron chi connectivity index (χ2n) is 11.9. The SMILES string of the molecule is CC[C@H](C)NC(=O)[C@@H](Cc1ccccc1)N(Cc1ccccc1C)C(=O)CN(c1ccc(OC)cc1)S(=O)(=O)c1ccc(C)c([N+](=O)[O-])c1. The first-order valence-corrected chi connectivity index (χ1v) is 17.4. The Balaban J connectivity index is 1.85. The number of nitro benzene ring substituents is 1. The summed E-state index contributed by atoms with van der Waals surface area (Å²) in [5.74, 6) is -0.540. The lowest BCUT2D eigenvalue weighted by Gasteiger charge is -2.34. The van der Waals surface area contributed by atoms with Gasteiger partial charge < -0.3 is 15.0 Å². The molecule has 0 saturated carbocycles. The van der Waals surface area contributed by atoms with E-state index in [0.29, 0.717) is 12.2 Å². The molecule has 1 N–H and O–H groups in total. The van der Waals surface area contributed by atoms with E-state index < -0.39 is 33.4 Å². The monoisotopic (exact) mass is 686 g/mol. The van der Waals surface area contributed by atoms with Gasteiger partial charge in [-0.2, -0.15) is 0 Å². The van der Waals surface area contributed by atoms with Gasteiger partial charge in [0.2, 0.25) is 11.8 Å². The molecule has 0 unspecified atom stereocenters. The minimum atomic E-state index is -4.54. The number of benzene rings is 4. The van der Waals surface area contributed by atoms with Gasteiger partial charge in [-0.25, -0.2) is 8.42 Å². The third kappa shape index (κ3) is 9.02. The summed E-state index contributed by atoms with van der Waals surface area (Å²) < 4.78 is 34.9. The van der Waals surface area contributed by atoms with Crippen LogP contribution < -0.4 is 14.4 Å². The van der Waals surface area contributed by atoms with Crippen LogP contribution in [0.2, 0.25) is 0 Å². The number of nitrogens with zero attached hydrogens (tertiary/aromatic N) is 3. The third-order valence-electron chi connectivity index (χ3n) is 8.48. The lowest BCUT2D eigenvalue weighted by Crippen LogP contribution is -2.54. The Hall–Kier alpha value is -5.23. The maximum atomic E-state index is 14.7. The Labute approximate surface area is 287 Å². The number of ether oxygens (including phenoxy) is 1. The van der Waals surface area contributed by atoms with Gasteiger partial charge in [0.05, 0.1) is 22.6 Å². The van der Waals surface area contributed by atoms with Gasteiger partial charge in [0.1, 0.15) is 18.3 Å². The van der Waals surface area contributed by atoms with Gasteiger partial charge in [-0.3, -0.25) is 24.0 Å². The van der Waals surface area contributed by atoms with E-state index in [4.69, 9.17) is 4.74 Å². The van der Waals surface area contributed by atoms with Gasteiger partial charge in [0, 0.05) is 30.6 Å². The third-order valence-corrected chi connectivity index (χ3v) is 10.2. The Kier molecular flexibility index (Phi) is 12.1. The fraction of sp³-hybridized carbons (Fsp3) is 0.297. The molecule has 0 heterocycles. The molecule has 4 aromatic carbocycles. The molecular weight excluding hydrogens is 644 g/mol. The van der Waals surface area contributed by atoms with E-state index in [-0.39, 0.29) is 46.7 Å². The van der Waals surface area contributed by atoms with Gasteiger partial charge in [0.25, 0.3) is 15.7 Å². The van der Waals surface area contributed by atoms with Crippen molar-refractivity contribution in [2.24, 2.45) is 0 Å². The number of hydrogen-bond acceptors (Lipinski definition) is 7. The first-order chi connectivity index (χ1) is 23.3. The maximum absolute atomic E-state index is 14.7. The molecule has 0 radical (unpaired) electrons. The van der Waals surface area contributed by atoms with Crippen LogP contribution in [-0.4, -0.2) is 55.8 Å². The van der Waals surface area contributed by atoms with E-state index in [9.17, 15) is 28.1 Å². The molecular formula is C37H42N4O7S. The van der Waals surface area contributed by atoms with Crippen molar-refractivity contribution >= 4 is 33.2 Å². The summed E-state index contributed by atoms with van der Waals surface area (Å²) in [5, 5.41) is 14.8. The predicted octanol–water partition coefficient (Wildman–Crippen LogP) is 5.97. The van der Waals surface area contributed by atoms with Gasteiger partial charge >= 0.3 is 0 Å². The standard InChI is InChI=1S/C37H42N4O7S/c1-6-28(4)38-37(43)35(22-29-13-8-7-9-14-29)39(24-30-15-11-10-12-26(30)2)36(42)25-40(31-17-19-32(48-5)20-18-31)49(46,47)33-21-16-27(3)34(23-33)41(44)45/h7-21,23,28,35H,6,22,24-25H2,1-5H3,(H,38,43)/t28-,35+/m0/s1. The minimum Gasteiger partial charge on any atom is -0.497 e. The van der Waals surface area contributed by atoms with E-state index in [0.717, 1.165) is 27.1 Å². The molecule has 0 spiro atoms.